The molecule has 1 aliphatic carbocycles. The molecule has 1 aromatic rings. The molecule has 0 saturated heterocycles. The molecule has 0 bridgehead atoms. The Morgan fingerprint density at radius 2 is 2.06 bits per heavy atom. The van der Waals surface area contributed by atoms with Crippen molar-refractivity contribution in [2.75, 3.05) is 0 Å². The van der Waals surface area contributed by atoms with Gasteiger partial charge in [-0.15, -0.1) is 12.4 Å². The number of hydrogen-bond acceptors (Lipinski definition) is 2. The summed E-state index contributed by atoms with van der Waals surface area (Å²) in [6.45, 7) is 1.98. The summed E-state index contributed by atoms with van der Waals surface area (Å²) in [5.41, 5.74) is 8.16. The van der Waals surface area contributed by atoms with Crippen LogP contribution in [0.2, 0.25) is 5.02 Å². The van der Waals surface area contributed by atoms with Gasteiger partial charge in [-0.3, -0.25) is 0 Å². The van der Waals surface area contributed by atoms with Gasteiger partial charge in [0.15, 0.2) is 0 Å². The van der Waals surface area contributed by atoms with Crippen LogP contribution >= 0.6 is 24.0 Å². The molecule has 2 atom stereocenters. The predicted octanol–water partition coefficient (Wildman–Crippen LogP) is 3.23. The molecule has 0 unspecified atom stereocenters. The number of aliphatic hydroxyl groups excluding tert-OH is 1. The van der Waals surface area contributed by atoms with E-state index in [0.717, 1.165) is 24.0 Å². The van der Waals surface area contributed by atoms with E-state index in [1.165, 1.54) is 6.42 Å². The summed E-state index contributed by atoms with van der Waals surface area (Å²) in [5, 5.41) is 10.8. The first kappa shape index (κ1) is 14.8. The average Bonchev–Trinajstić information content (AvgIpc) is 2.14. The fourth-order valence-electron chi connectivity index (χ4n) is 2.27. The van der Waals surface area contributed by atoms with Crippen molar-refractivity contribution in [3.8, 4) is 0 Å². The third-order valence-corrected chi connectivity index (χ3v) is 3.83. The quantitative estimate of drug-likeness (QED) is 0.890. The van der Waals surface area contributed by atoms with E-state index >= 15 is 0 Å². The van der Waals surface area contributed by atoms with E-state index in [0.29, 0.717) is 10.9 Å². The van der Waals surface area contributed by atoms with Crippen molar-refractivity contribution in [1.82, 2.24) is 0 Å². The molecule has 3 N–H and O–H groups in total. The molecule has 0 radical (unpaired) electrons. The van der Waals surface area contributed by atoms with Crippen LogP contribution in [-0.4, -0.2) is 11.2 Å². The second kappa shape index (κ2) is 6.05. The first-order valence-electron chi connectivity index (χ1n) is 5.79. The standard InChI is InChI=1S/C13H18ClNO.ClH/c1-8-7-10(14)5-6-11(8)12(15)13(16)9-3-2-4-9;/h5-7,9,12-13,16H,2-4,15H2,1H3;1H/t12-,13+;/m1./s1. The molecule has 0 aliphatic heterocycles. The maximum Gasteiger partial charge on any atom is 0.0760 e. The van der Waals surface area contributed by atoms with Crippen LogP contribution in [-0.2, 0) is 0 Å². The minimum atomic E-state index is -0.423. The van der Waals surface area contributed by atoms with Crippen LogP contribution in [0.25, 0.3) is 0 Å². The summed E-state index contributed by atoms with van der Waals surface area (Å²) in [4.78, 5) is 0. The van der Waals surface area contributed by atoms with Crippen LogP contribution in [0.3, 0.4) is 0 Å². The van der Waals surface area contributed by atoms with Crippen molar-refractivity contribution in [3.63, 3.8) is 0 Å². The molecular weight excluding hydrogens is 257 g/mol. The molecule has 96 valence electrons. The summed E-state index contributed by atoms with van der Waals surface area (Å²) in [6.07, 6.45) is 2.99. The van der Waals surface area contributed by atoms with E-state index in [2.05, 4.69) is 0 Å². The molecule has 1 aliphatic rings. The van der Waals surface area contributed by atoms with Gasteiger partial charge >= 0.3 is 0 Å². The number of aryl methyl sites for hydroxylation is 1. The van der Waals surface area contributed by atoms with Crippen LogP contribution in [0.4, 0.5) is 0 Å². The molecule has 0 amide bonds. The zero-order chi connectivity index (χ0) is 11.7. The van der Waals surface area contributed by atoms with Gasteiger partial charge in [-0.05, 0) is 48.9 Å². The summed E-state index contributed by atoms with van der Waals surface area (Å²) in [6, 6.07) is 5.36. The highest BCUT2D eigenvalue weighted by atomic mass is 35.5. The Labute approximate surface area is 114 Å². The Balaban J connectivity index is 0.00000144. The van der Waals surface area contributed by atoms with Gasteiger partial charge < -0.3 is 10.8 Å². The van der Waals surface area contributed by atoms with Gasteiger partial charge in [0.05, 0.1) is 12.1 Å². The SMILES string of the molecule is Cc1cc(Cl)ccc1[C@@H](N)[C@@H](O)C1CCC1.Cl. The third kappa shape index (κ3) is 3.14. The van der Waals surface area contributed by atoms with Crippen molar-refractivity contribution in [2.45, 2.75) is 38.3 Å². The van der Waals surface area contributed by atoms with Crippen molar-refractivity contribution < 1.29 is 5.11 Å². The zero-order valence-corrected chi connectivity index (χ0v) is 11.5. The minimum Gasteiger partial charge on any atom is -0.391 e. The topological polar surface area (TPSA) is 46.2 Å². The van der Waals surface area contributed by atoms with E-state index in [1.54, 1.807) is 0 Å². The fourth-order valence-corrected chi connectivity index (χ4v) is 2.50. The number of benzene rings is 1. The van der Waals surface area contributed by atoms with Crippen LogP contribution in [0.15, 0.2) is 18.2 Å². The Bertz CT molecular complexity index is 380. The molecule has 2 nitrogen and oxygen atoms in total. The number of hydrogen-bond donors (Lipinski definition) is 2. The van der Waals surface area contributed by atoms with Gasteiger partial charge in [0.25, 0.3) is 0 Å². The lowest BCUT2D eigenvalue weighted by atomic mass is 9.77. The Hall–Kier alpha value is -0.280. The highest BCUT2D eigenvalue weighted by molar-refractivity contribution is 6.30. The normalized spacial score (nSPS) is 19.1. The molecule has 2 rings (SSSR count). The van der Waals surface area contributed by atoms with E-state index in [1.807, 2.05) is 25.1 Å². The molecule has 17 heavy (non-hydrogen) atoms. The molecular formula is C13H19Cl2NO. The van der Waals surface area contributed by atoms with Crippen LogP contribution in [0.5, 0.6) is 0 Å². The fraction of sp³-hybridized carbons (Fsp3) is 0.538. The number of aliphatic hydroxyl groups is 1. The maximum atomic E-state index is 10.1. The lowest BCUT2D eigenvalue weighted by molar-refractivity contribution is 0.0412. The van der Waals surface area contributed by atoms with Crippen molar-refractivity contribution in [1.29, 1.82) is 0 Å². The zero-order valence-electron chi connectivity index (χ0n) is 9.90. The molecule has 0 spiro atoms. The van der Waals surface area contributed by atoms with Crippen LogP contribution < -0.4 is 5.73 Å². The number of halogens is 2. The molecule has 1 saturated carbocycles. The van der Waals surface area contributed by atoms with Gasteiger partial charge in [0, 0.05) is 5.02 Å². The average molecular weight is 276 g/mol. The summed E-state index contributed by atoms with van der Waals surface area (Å²) in [7, 11) is 0. The molecule has 0 heterocycles. The molecule has 4 heteroatoms. The summed E-state index contributed by atoms with van der Waals surface area (Å²) < 4.78 is 0. The third-order valence-electron chi connectivity index (χ3n) is 3.59. The smallest absolute Gasteiger partial charge is 0.0760 e. The highest BCUT2D eigenvalue weighted by Gasteiger charge is 2.31. The van der Waals surface area contributed by atoms with Crippen molar-refractivity contribution >= 4 is 24.0 Å². The van der Waals surface area contributed by atoms with Gasteiger partial charge in [0.1, 0.15) is 0 Å². The number of rotatable bonds is 3. The van der Waals surface area contributed by atoms with E-state index < -0.39 is 6.10 Å². The highest BCUT2D eigenvalue weighted by Crippen LogP contribution is 2.35. The van der Waals surface area contributed by atoms with Crippen LogP contribution in [0, 0.1) is 12.8 Å². The Morgan fingerprint density at radius 3 is 2.53 bits per heavy atom. The Morgan fingerprint density at radius 1 is 1.41 bits per heavy atom. The first-order chi connectivity index (χ1) is 7.59. The second-order valence-electron chi connectivity index (χ2n) is 4.71. The minimum absolute atomic E-state index is 0. The summed E-state index contributed by atoms with van der Waals surface area (Å²) in [5.74, 6) is 0.380. The molecule has 1 fully saturated rings. The van der Waals surface area contributed by atoms with E-state index in [9.17, 15) is 5.11 Å². The Kier molecular flexibility index (Phi) is 5.26. The van der Waals surface area contributed by atoms with Gasteiger partial charge in [-0.2, -0.15) is 0 Å². The van der Waals surface area contributed by atoms with Crippen LogP contribution in [0.1, 0.15) is 36.4 Å². The van der Waals surface area contributed by atoms with Crippen molar-refractivity contribution in [3.05, 3.63) is 34.3 Å². The maximum absolute atomic E-state index is 10.1. The summed E-state index contributed by atoms with van der Waals surface area (Å²) >= 11 is 5.90. The lowest BCUT2D eigenvalue weighted by Crippen LogP contribution is -2.36. The van der Waals surface area contributed by atoms with E-state index in [-0.39, 0.29) is 18.4 Å². The van der Waals surface area contributed by atoms with Gasteiger partial charge in [-0.1, -0.05) is 24.1 Å². The monoisotopic (exact) mass is 275 g/mol. The molecule has 0 aromatic heterocycles. The van der Waals surface area contributed by atoms with Gasteiger partial charge in [-0.25, -0.2) is 0 Å². The largest absolute Gasteiger partial charge is 0.391 e. The predicted molar refractivity (Wildman–Crippen MR) is 73.7 cm³/mol. The number of nitrogens with two attached hydrogens (primary N) is 1. The molecule has 1 aromatic carbocycles. The first-order valence-corrected chi connectivity index (χ1v) is 6.17. The van der Waals surface area contributed by atoms with Gasteiger partial charge in [0.2, 0.25) is 0 Å². The second-order valence-corrected chi connectivity index (χ2v) is 5.14. The lowest BCUT2D eigenvalue weighted by Gasteiger charge is -2.34. The van der Waals surface area contributed by atoms with E-state index in [4.69, 9.17) is 17.3 Å². The van der Waals surface area contributed by atoms with Crippen molar-refractivity contribution in [2.24, 2.45) is 11.7 Å².